The summed E-state index contributed by atoms with van der Waals surface area (Å²) in [4.78, 5) is 48.9. The van der Waals surface area contributed by atoms with Crippen LogP contribution in [-0.4, -0.2) is 35.7 Å². The fraction of sp³-hybridized carbons (Fsp3) is 0.304. The number of esters is 1. The number of carbonyl (C=O) groups is 4. The molecule has 0 aliphatic carbocycles. The maximum atomic E-state index is 12.6. The molecule has 0 aromatic heterocycles. The van der Waals surface area contributed by atoms with Crippen LogP contribution in [-0.2, 0) is 14.3 Å². The number of Topliss-reactive ketones (excluding diaryl/α,β-unsaturated/α-hetero) is 1. The summed E-state index contributed by atoms with van der Waals surface area (Å²) >= 11 is 5.99. The van der Waals surface area contributed by atoms with Crippen LogP contribution in [0.5, 0.6) is 0 Å². The molecule has 0 spiro atoms. The molecule has 0 saturated carbocycles. The normalized spacial score (nSPS) is 12.6. The Morgan fingerprint density at radius 2 is 1.52 bits per heavy atom. The van der Waals surface area contributed by atoms with E-state index in [1.54, 1.807) is 56.3 Å². The Hall–Kier alpha value is -3.19. The zero-order chi connectivity index (χ0) is 23.1. The van der Waals surface area contributed by atoms with Crippen LogP contribution >= 0.6 is 11.6 Å². The van der Waals surface area contributed by atoms with Gasteiger partial charge in [-0.3, -0.25) is 14.4 Å². The van der Waals surface area contributed by atoms with Crippen molar-refractivity contribution in [2.24, 2.45) is 5.92 Å². The van der Waals surface area contributed by atoms with E-state index in [-0.39, 0.29) is 22.4 Å². The minimum atomic E-state index is -1.05. The van der Waals surface area contributed by atoms with E-state index >= 15 is 0 Å². The summed E-state index contributed by atoms with van der Waals surface area (Å²) in [6, 6.07) is 11.8. The maximum Gasteiger partial charge on any atom is 0.329 e. The van der Waals surface area contributed by atoms with Gasteiger partial charge in [0.1, 0.15) is 6.04 Å². The highest BCUT2D eigenvalue weighted by Gasteiger charge is 2.25. The Balaban J connectivity index is 1.94. The van der Waals surface area contributed by atoms with Crippen molar-refractivity contribution in [3.63, 3.8) is 0 Å². The molecular weight excluding hydrogens is 420 g/mol. The summed E-state index contributed by atoms with van der Waals surface area (Å²) in [5.74, 6) is -1.97. The van der Waals surface area contributed by atoms with Gasteiger partial charge >= 0.3 is 5.97 Å². The Morgan fingerprint density at radius 1 is 0.903 bits per heavy atom. The topological polar surface area (TPSA) is 102 Å². The summed E-state index contributed by atoms with van der Waals surface area (Å²) in [6.07, 6.45) is -1.05. The number of amides is 2. The van der Waals surface area contributed by atoms with Crippen LogP contribution in [0.15, 0.2) is 48.5 Å². The lowest BCUT2D eigenvalue weighted by Crippen LogP contribution is -2.41. The molecule has 2 N–H and O–H groups in total. The molecule has 0 heterocycles. The minimum absolute atomic E-state index is 0.130. The largest absolute Gasteiger partial charge is 0.453 e. The average Bonchev–Trinajstić information content (AvgIpc) is 2.73. The van der Waals surface area contributed by atoms with Crippen molar-refractivity contribution < 1.29 is 23.9 Å². The first kappa shape index (κ1) is 24.1. The number of benzene rings is 2. The van der Waals surface area contributed by atoms with Crippen LogP contribution in [0, 0.1) is 5.92 Å². The van der Waals surface area contributed by atoms with Crippen molar-refractivity contribution in [1.82, 2.24) is 5.32 Å². The molecule has 2 amide bonds. The maximum absolute atomic E-state index is 12.6. The second kappa shape index (κ2) is 10.7. The number of ketones is 1. The van der Waals surface area contributed by atoms with Crippen molar-refractivity contribution in [2.75, 3.05) is 5.32 Å². The van der Waals surface area contributed by atoms with Crippen LogP contribution in [0.25, 0.3) is 0 Å². The molecule has 164 valence electrons. The van der Waals surface area contributed by atoms with Gasteiger partial charge in [0.15, 0.2) is 6.10 Å². The molecule has 2 unspecified atom stereocenters. The third kappa shape index (κ3) is 6.65. The number of ether oxygens (including phenoxy) is 1. The van der Waals surface area contributed by atoms with Crippen LogP contribution in [0.4, 0.5) is 5.69 Å². The highest BCUT2D eigenvalue weighted by atomic mass is 35.5. The first-order chi connectivity index (χ1) is 14.6. The molecule has 0 aliphatic heterocycles. The zero-order valence-electron chi connectivity index (χ0n) is 17.8. The van der Waals surface area contributed by atoms with Gasteiger partial charge in [0.05, 0.1) is 10.6 Å². The number of carbonyl (C=O) groups excluding carboxylic acids is 4. The third-order valence-corrected chi connectivity index (χ3v) is 4.77. The van der Waals surface area contributed by atoms with Gasteiger partial charge in [-0.1, -0.05) is 37.6 Å². The van der Waals surface area contributed by atoms with E-state index in [2.05, 4.69) is 10.6 Å². The van der Waals surface area contributed by atoms with Gasteiger partial charge in [-0.05, 0) is 50.2 Å². The molecule has 2 aromatic carbocycles. The highest BCUT2D eigenvalue weighted by Crippen LogP contribution is 2.16. The van der Waals surface area contributed by atoms with Gasteiger partial charge in [-0.25, -0.2) is 4.79 Å². The number of halogens is 1. The standard InChI is InChI=1S/C23H25ClN2O5/c1-13(2)21(28)26-17-11-9-16(10-12-17)20(27)15(4)31-23(30)14(3)25-22(29)18-7-5-6-8-19(18)24/h5-15H,1-4H3,(H,25,29)(H,26,28). The van der Waals surface area contributed by atoms with Crippen molar-refractivity contribution in [3.8, 4) is 0 Å². The van der Waals surface area contributed by atoms with E-state index in [1.165, 1.54) is 19.9 Å². The summed E-state index contributed by atoms with van der Waals surface area (Å²) in [6.45, 7) is 6.47. The van der Waals surface area contributed by atoms with Gasteiger partial charge in [-0.2, -0.15) is 0 Å². The van der Waals surface area contributed by atoms with E-state index < -0.39 is 29.8 Å². The van der Waals surface area contributed by atoms with Crippen molar-refractivity contribution >= 4 is 40.9 Å². The quantitative estimate of drug-likeness (QED) is 0.475. The predicted molar refractivity (Wildman–Crippen MR) is 118 cm³/mol. The van der Waals surface area contributed by atoms with E-state index in [0.717, 1.165) is 0 Å². The zero-order valence-corrected chi connectivity index (χ0v) is 18.5. The lowest BCUT2D eigenvalue weighted by molar-refractivity contribution is -0.148. The molecule has 0 bridgehead atoms. The van der Waals surface area contributed by atoms with Gasteiger partial charge < -0.3 is 15.4 Å². The molecule has 2 atom stereocenters. The molecule has 0 radical (unpaired) electrons. The number of anilines is 1. The fourth-order valence-electron chi connectivity index (χ4n) is 2.55. The average molecular weight is 445 g/mol. The fourth-order valence-corrected chi connectivity index (χ4v) is 2.77. The Labute approximate surface area is 186 Å². The lowest BCUT2D eigenvalue weighted by Gasteiger charge is -2.17. The molecule has 0 fully saturated rings. The van der Waals surface area contributed by atoms with Crippen molar-refractivity contribution in [1.29, 1.82) is 0 Å². The molecular formula is C23H25ClN2O5. The molecule has 7 nitrogen and oxygen atoms in total. The molecule has 0 saturated heterocycles. The molecule has 2 rings (SSSR count). The molecule has 2 aromatic rings. The number of nitrogens with one attached hydrogen (secondary N) is 2. The van der Waals surface area contributed by atoms with E-state index in [9.17, 15) is 19.2 Å². The minimum Gasteiger partial charge on any atom is -0.453 e. The first-order valence-corrected chi connectivity index (χ1v) is 10.2. The highest BCUT2D eigenvalue weighted by molar-refractivity contribution is 6.33. The van der Waals surface area contributed by atoms with Crippen molar-refractivity contribution in [2.45, 2.75) is 39.8 Å². The first-order valence-electron chi connectivity index (χ1n) is 9.81. The second-order valence-electron chi connectivity index (χ2n) is 7.34. The van der Waals surface area contributed by atoms with Gasteiger partial charge in [-0.15, -0.1) is 0 Å². The third-order valence-electron chi connectivity index (χ3n) is 4.44. The summed E-state index contributed by atoms with van der Waals surface area (Å²) in [5, 5.41) is 5.50. The number of hydrogen-bond acceptors (Lipinski definition) is 5. The van der Waals surface area contributed by atoms with Gasteiger partial charge in [0, 0.05) is 17.2 Å². The van der Waals surface area contributed by atoms with Crippen LogP contribution in [0.1, 0.15) is 48.4 Å². The predicted octanol–water partition coefficient (Wildman–Crippen LogP) is 3.87. The Bertz CT molecular complexity index is 972. The van der Waals surface area contributed by atoms with E-state index in [0.29, 0.717) is 11.3 Å². The monoisotopic (exact) mass is 444 g/mol. The Kier molecular flexibility index (Phi) is 8.33. The SMILES string of the molecule is CC(C)C(=O)Nc1ccc(C(=O)C(C)OC(=O)C(C)NC(=O)c2ccccc2Cl)cc1. The van der Waals surface area contributed by atoms with Gasteiger partial charge in [0.2, 0.25) is 11.7 Å². The summed E-state index contributed by atoms with van der Waals surface area (Å²) in [7, 11) is 0. The molecule has 8 heteroatoms. The molecule has 0 aliphatic rings. The lowest BCUT2D eigenvalue weighted by atomic mass is 10.1. The van der Waals surface area contributed by atoms with Crippen LogP contribution in [0.2, 0.25) is 5.02 Å². The number of rotatable bonds is 8. The van der Waals surface area contributed by atoms with Crippen LogP contribution in [0.3, 0.4) is 0 Å². The second-order valence-corrected chi connectivity index (χ2v) is 7.75. The number of hydrogen-bond donors (Lipinski definition) is 2. The van der Waals surface area contributed by atoms with Gasteiger partial charge in [0.25, 0.3) is 5.91 Å². The van der Waals surface area contributed by atoms with Crippen molar-refractivity contribution in [3.05, 3.63) is 64.7 Å². The van der Waals surface area contributed by atoms with Crippen LogP contribution < -0.4 is 10.6 Å². The van der Waals surface area contributed by atoms with E-state index in [1.807, 2.05) is 0 Å². The summed E-state index contributed by atoms with van der Waals surface area (Å²) < 4.78 is 5.22. The smallest absolute Gasteiger partial charge is 0.329 e. The summed E-state index contributed by atoms with van der Waals surface area (Å²) in [5.41, 5.74) is 1.13. The van der Waals surface area contributed by atoms with E-state index in [4.69, 9.17) is 16.3 Å². The Morgan fingerprint density at radius 3 is 2.10 bits per heavy atom. The molecule has 31 heavy (non-hydrogen) atoms.